The third-order valence-corrected chi connectivity index (χ3v) is 4.27. The van der Waals surface area contributed by atoms with Gasteiger partial charge in [-0.15, -0.1) is 12.4 Å². The standard InChI is InChI=1S/C17H24N2O3.ClH/c1-3-21-16-9-13-8-11(2)22-15(13)10-14(16)19-17(20)12-4-6-18-7-5-12;/h9-12,18H,3-8H2,1-2H3,(H,19,20);1H. The summed E-state index contributed by atoms with van der Waals surface area (Å²) in [4.78, 5) is 12.5. The number of hydrogen-bond acceptors (Lipinski definition) is 4. The average molecular weight is 341 g/mol. The van der Waals surface area contributed by atoms with Crippen molar-refractivity contribution in [1.82, 2.24) is 5.32 Å². The summed E-state index contributed by atoms with van der Waals surface area (Å²) in [7, 11) is 0. The number of hydrogen-bond donors (Lipinski definition) is 2. The molecule has 1 aromatic rings. The lowest BCUT2D eigenvalue weighted by molar-refractivity contribution is -0.120. The van der Waals surface area contributed by atoms with Crippen molar-refractivity contribution < 1.29 is 14.3 Å². The van der Waals surface area contributed by atoms with E-state index in [9.17, 15) is 4.79 Å². The summed E-state index contributed by atoms with van der Waals surface area (Å²) in [6.07, 6.45) is 2.83. The number of rotatable bonds is 4. The van der Waals surface area contributed by atoms with Gasteiger partial charge in [-0.2, -0.15) is 0 Å². The Balaban J connectivity index is 0.00000192. The summed E-state index contributed by atoms with van der Waals surface area (Å²) in [5.41, 5.74) is 1.87. The molecule has 0 aromatic heterocycles. The molecule has 1 unspecified atom stereocenters. The first-order valence-corrected chi connectivity index (χ1v) is 8.15. The number of anilines is 1. The Morgan fingerprint density at radius 1 is 1.39 bits per heavy atom. The largest absolute Gasteiger partial charge is 0.492 e. The van der Waals surface area contributed by atoms with E-state index < -0.39 is 0 Å². The highest BCUT2D eigenvalue weighted by Crippen LogP contribution is 2.38. The maximum absolute atomic E-state index is 12.5. The summed E-state index contributed by atoms with van der Waals surface area (Å²) in [5.74, 6) is 1.75. The van der Waals surface area contributed by atoms with E-state index in [1.165, 1.54) is 0 Å². The first-order valence-electron chi connectivity index (χ1n) is 8.15. The van der Waals surface area contributed by atoms with Crippen LogP contribution in [-0.2, 0) is 11.2 Å². The Hall–Kier alpha value is -1.46. The second-order valence-corrected chi connectivity index (χ2v) is 6.04. The molecule has 23 heavy (non-hydrogen) atoms. The summed E-state index contributed by atoms with van der Waals surface area (Å²) in [6.45, 7) is 6.38. The van der Waals surface area contributed by atoms with Gasteiger partial charge in [-0.1, -0.05) is 0 Å². The molecule has 3 rings (SSSR count). The Labute approximate surface area is 143 Å². The molecule has 5 nitrogen and oxygen atoms in total. The van der Waals surface area contributed by atoms with Gasteiger partial charge in [-0.3, -0.25) is 4.79 Å². The summed E-state index contributed by atoms with van der Waals surface area (Å²) < 4.78 is 11.5. The van der Waals surface area contributed by atoms with Crippen molar-refractivity contribution in [1.29, 1.82) is 0 Å². The molecule has 0 bridgehead atoms. The fraction of sp³-hybridized carbons (Fsp3) is 0.588. The van der Waals surface area contributed by atoms with Crippen molar-refractivity contribution in [2.75, 3.05) is 25.0 Å². The number of halogens is 1. The summed E-state index contributed by atoms with van der Waals surface area (Å²) >= 11 is 0. The lowest BCUT2D eigenvalue weighted by Gasteiger charge is -2.22. The average Bonchev–Trinajstić information content (AvgIpc) is 2.87. The third-order valence-electron chi connectivity index (χ3n) is 4.27. The normalized spacial score (nSPS) is 20.2. The van der Waals surface area contributed by atoms with Crippen LogP contribution in [0.5, 0.6) is 11.5 Å². The molecule has 1 fully saturated rings. The van der Waals surface area contributed by atoms with Crippen molar-refractivity contribution in [3.63, 3.8) is 0 Å². The molecule has 0 radical (unpaired) electrons. The van der Waals surface area contributed by atoms with Crippen LogP contribution in [0.3, 0.4) is 0 Å². The van der Waals surface area contributed by atoms with Crippen molar-refractivity contribution in [2.45, 2.75) is 39.2 Å². The highest BCUT2D eigenvalue weighted by atomic mass is 35.5. The summed E-state index contributed by atoms with van der Waals surface area (Å²) in [5, 5.41) is 6.32. The van der Waals surface area contributed by atoms with Crippen molar-refractivity contribution >= 4 is 24.0 Å². The van der Waals surface area contributed by atoms with Crippen LogP contribution in [0.2, 0.25) is 0 Å². The van der Waals surface area contributed by atoms with E-state index in [0.717, 1.165) is 55.1 Å². The van der Waals surface area contributed by atoms with Crippen LogP contribution in [0.25, 0.3) is 0 Å². The van der Waals surface area contributed by atoms with E-state index in [0.29, 0.717) is 6.61 Å². The fourth-order valence-electron chi connectivity index (χ4n) is 3.13. The number of carbonyl (C=O) groups excluding carboxylic acids is 1. The van der Waals surface area contributed by atoms with Gasteiger partial charge in [-0.25, -0.2) is 0 Å². The molecule has 0 aliphatic carbocycles. The van der Waals surface area contributed by atoms with Crippen LogP contribution in [0.15, 0.2) is 12.1 Å². The first kappa shape index (κ1) is 17.9. The van der Waals surface area contributed by atoms with Crippen molar-refractivity contribution in [3.05, 3.63) is 17.7 Å². The van der Waals surface area contributed by atoms with Gasteiger partial charge in [0, 0.05) is 24.0 Å². The minimum absolute atomic E-state index is 0. The van der Waals surface area contributed by atoms with Crippen LogP contribution in [-0.4, -0.2) is 31.7 Å². The van der Waals surface area contributed by atoms with Crippen LogP contribution in [0, 0.1) is 5.92 Å². The topological polar surface area (TPSA) is 59.6 Å². The van der Waals surface area contributed by atoms with E-state index in [1.807, 2.05) is 26.0 Å². The van der Waals surface area contributed by atoms with E-state index >= 15 is 0 Å². The molecule has 2 heterocycles. The van der Waals surface area contributed by atoms with E-state index in [4.69, 9.17) is 9.47 Å². The minimum atomic E-state index is 0. The van der Waals surface area contributed by atoms with E-state index in [-0.39, 0.29) is 30.3 Å². The smallest absolute Gasteiger partial charge is 0.227 e. The maximum Gasteiger partial charge on any atom is 0.227 e. The summed E-state index contributed by atoms with van der Waals surface area (Å²) in [6, 6.07) is 3.91. The zero-order chi connectivity index (χ0) is 15.5. The van der Waals surface area contributed by atoms with Gasteiger partial charge >= 0.3 is 0 Å². The lowest BCUT2D eigenvalue weighted by Crippen LogP contribution is -2.34. The number of carbonyl (C=O) groups is 1. The van der Waals surface area contributed by atoms with Crippen molar-refractivity contribution in [3.8, 4) is 11.5 Å². The number of ether oxygens (including phenoxy) is 2. The van der Waals surface area contributed by atoms with Crippen LogP contribution in [0.1, 0.15) is 32.3 Å². The van der Waals surface area contributed by atoms with E-state index in [1.54, 1.807) is 0 Å². The van der Waals surface area contributed by atoms with Crippen LogP contribution >= 0.6 is 12.4 Å². The SMILES string of the molecule is CCOc1cc2c(cc1NC(=O)C1CCNCC1)OC(C)C2.Cl. The molecule has 6 heteroatoms. The van der Waals surface area contributed by atoms with Gasteiger partial charge in [-0.05, 0) is 45.8 Å². The molecule has 2 aliphatic heterocycles. The molecule has 2 aliphatic rings. The molecule has 128 valence electrons. The van der Waals surface area contributed by atoms with Crippen LogP contribution < -0.4 is 20.1 Å². The van der Waals surface area contributed by atoms with Gasteiger partial charge < -0.3 is 20.1 Å². The molecule has 1 amide bonds. The highest BCUT2D eigenvalue weighted by Gasteiger charge is 2.25. The van der Waals surface area contributed by atoms with Crippen LogP contribution in [0.4, 0.5) is 5.69 Å². The van der Waals surface area contributed by atoms with Gasteiger partial charge in [0.1, 0.15) is 17.6 Å². The fourth-order valence-corrected chi connectivity index (χ4v) is 3.13. The zero-order valence-corrected chi connectivity index (χ0v) is 14.5. The molecule has 2 N–H and O–H groups in total. The highest BCUT2D eigenvalue weighted by molar-refractivity contribution is 5.94. The van der Waals surface area contributed by atoms with Gasteiger partial charge in [0.05, 0.1) is 12.3 Å². The molecule has 0 spiro atoms. The van der Waals surface area contributed by atoms with E-state index in [2.05, 4.69) is 10.6 Å². The predicted molar refractivity (Wildman–Crippen MR) is 92.9 cm³/mol. The van der Waals surface area contributed by atoms with Gasteiger partial charge in [0.25, 0.3) is 0 Å². The van der Waals surface area contributed by atoms with Gasteiger partial charge in [0.2, 0.25) is 5.91 Å². The Morgan fingerprint density at radius 2 is 2.13 bits per heavy atom. The zero-order valence-electron chi connectivity index (χ0n) is 13.7. The number of piperidine rings is 1. The molecule has 0 saturated carbocycles. The molecule has 1 aromatic carbocycles. The molecular weight excluding hydrogens is 316 g/mol. The molecule has 1 atom stereocenters. The number of nitrogens with one attached hydrogen (secondary N) is 2. The number of fused-ring (bicyclic) bond motifs is 1. The monoisotopic (exact) mass is 340 g/mol. The maximum atomic E-state index is 12.5. The third kappa shape index (κ3) is 4.09. The second kappa shape index (κ2) is 7.88. The Bertz CT molecular complexity index is 559. The Morgan fingerprint density at radius 3 is 2.83 bits per heavy atom. The second-order valence-electron chi connectivity index (χ2n) is 6.04. The lowest BCUT2D eigenvalue weighted by atomic mass is 9.97. The quantitative estimate of drug-likeness (QED) is 0.884. The predicted octanol–water partition coefficient (Wildman–Crippen LogP) is 2.77. The minimum Gasteiger partial charge on any atom is -0.492 e. The number of amides is 1. The Kier molecular flexibility index (Phi) is 6.13. The van der Waals surface area contributed by atoms with Gasteiger partial charge in [0.15, 0.2) is 0 Å². The first-order chi connectivity index (χ1) is 10.7. The number of benzene rings is 1. The molecule has 1 saturated heterocycles. The molecular formula is C17H25ClN2O3. The van der Waals surface area contributed by atoms with Crippen molar-refractivity contribution in [2.24, 2.45) is 5.92 Å².